The zero-order chi connectivity index (χ0) is 18.9. The third kappa shape index (κ3) is 5.11. The Morgan fingerprint density at radius 2 is 1.88 bits per heavy atom. The summed E-state index contributed by atoms with van der Waals surface area (Å²) in [4.78, 5) is 23.0. The molecule has 2 aromatic carbocycles. The van der Waals surface area contributed by atoms with E-state index in [0.29, 0.717) is 11.3 Å². The van der Waals surface area contributed by atoms with Gasteiger partial charge in [0.25, 0.3) is 5.91 Å². The molecular formula is C19H16N2O5. The van der Waals surface area contributed by atoms with Crippen LogP contribution in [0.1, 0.15) is 5.56 Å². The lowest BCUT2D eigenvalue weighted by atomic mass is 10.1. The largest absolute Gasteiger partial charge is 0.493 e. The zero-order valence-electron chi connectivity index (χ0n) is 14.0. The predicted octanol–water partition coefficient (Wildman–Crippen LogP) is 2.07. The van der Waals surface area contributed by atoms with Crippen LogP contribution < -0.4 is 19.9 Å². The van der Waals surface area contributed by atoms with Gasteiger partial charge in [-0.3, -0.25) is 4.79 Å². The van der Waals surface area contributed by atoms with Crippen molar-refractivity contribution in [3.05, 3.63) is 59.7 Å². The van der Waals surface area contributed by atoms with Gasteiger partial charge in [0.15, 0.2) is 18.1 Å². The van der Waals surface area contributed by atoms with Gasteiger partial charge in [-0.1, -0.05) is 24.3 Å². The van der Waals surface area contributed by atoms with Crippen molar-refractivity contribution in [2.75, 3.05) is 13.7 Å². The van der Waals surface area contributed by atoms with Crippen molar-refractivity contribution in [1.29, 1.82) is 5.26 Å². The van der Waals surface area contributed by atoms with Crippen molar-refractivity contribution in [2.24, 2.45) is 5.73 Å². The monoisotopic (exact) mass is 352 g/mol. The number of hydrogen-bond acceptors (Lipinski definition) is 6. The Bertz CT molecular complexity index is 869. The molecule has 132 valence electrons. The number of hydrogen-bond donors (Lipinski definition) is 1. The van der Waals surface area contributed by atoms with Crippen LogP contribution in [0, 0.1) is 11.3 Å². The van der Waals surface area contributed by atoms with Gasteiger partial charge in [-0.05, 0) is 35.9 Å². The van der Waals surface area contributed by atoms with Crippen molar-refractivity contribution in [3.8, 4) is 23.3 Å². The summed E-state index contributed by atoms with van der Waals surface area (Å²) in [5, 5.41) is 8.88. The van der Waals surface area contributed by atoms with Crippen molar-refractivity contribution < 1.29 is 23.8 Å². The molecule has 0 aliphatic rings. The number of nitrogens with two attached hydrogens (primary N) is 1. The molecule has 0 aliphatic heterocycles. The fraction of sp³-hybridized carbons (Fsp3) is 0.105. The van der Waals surface area contributed by atoms with Crippen LogP contribution in [-0.2, 0) is 9.59 Å². The molecule has 26 heavy (non-hydrogen) atoms. The van der Waals surface area contributed by atoms with Gasteiger partial charge in [0.2, 0.25) is 0 Å². The molecule has 2 N–H and O–H groups in total. The SMILES string of the molecule is COc1cc(/C=C(/C#N)C(N)=O)ccc1OC(=O)COc1ccccc1. The van der Waals surface area contributed by atoms with Gasteiger partial charge in [0.1, 0.15) is 17.4 Å². The molecule has 0 saturated carbocycles. The summed E-state index contributed by atoms with van der Waals surface area (Å²) >= 11 is 0. The van der Waals surface area contributed by atoms with Gasteiger partial charge in [0.05, 0.1) is 7.11 Å². The van der Waals surface area contributed by atoms with Gasteiger partial charge in [-0.15, -0.1) is 0 Å². The number of rotatable bonds is 7. The molecule has 0 spiro atoms. The highest BCUT2D eigenvalue weighted by Gasteiger charge is 2.12. The van der Waals surface area contributed by atoms with Crippen LogP contribution in [0.3, 0.4) is 0 Å². The Hall–Kier alpha value is -3.79. The van der Waals surface area contributed by atoms with E-state index in [0.717, 1.165) is 0 Å². The number of benzene rings is 2. The number of ether oxygens (including phenoxy) is 3. The Morgan fingerprint density at radius 3 is 2.50 bits per heavy atom. The number of methoxy groups -OCH3 is 1. The highest BCUT2D eigenvalue weighted by atomic mass is 16.6. The number of nitriles is 1. The summed E-state index contributed by atoms with van der Waals surface area (Å²) in [7, 11) is 1.40. The van der Waals surface area contributed by atoms with Crippen molar-refractivity contribution in [2.45, 2.75) is 0 Å². The first-order chi connectivity index (χ1) is 12.5. The molecule has 7 heteroatoms. The first-order valence-corrected chi connectivity index (χ1v) is 7.51. The van der Waals surface area contributed by atoms with E-state index in [9.17, 15) is 9.59 Å². The van der Waals surface area contributed by atoms with E-state index in [-0.39, 0.29) is 23.7 Å². The normalized spacial score (nSPS) is 10.5. The molecule has 0 radical (unpaired) electrons. The van der Waals surface area contributed by atoms with E-state index >= 15 is 0 Å². The molecule has 2 aromatic rings. The Labute approximate surface area is 150 Å². The van der Waals surface area contributed by atoms with Crippen molar-refractivity contribution in [1.82, 2.24) is 0 Å². The minimum atomic E-state index is -0.833. The Morgan fingerprint density at radius 1 is 1.15 bits per heavy atom. The number of nitrogens with zero attached hydrogens (tertiary/aromatic N) is 1. The second-order valence-electron chi connectivity index (χ2n) is 5.02. The summed E-state index contributed by atoms with van der Waals surface area (Å²) in [6.07, 6.45) is 1.31. The molecule has 7 nitrogen and oxygen atoms in total. The number of amides is 1. The smallest absolute Gasteiger partial charge is 0.349 e. The maximum atomic E-state index is 11.9. The van der Waals surface area contributed by atoms with Crippen LogP contribution in [0.2, 0.25) is 0 Å². The van der Waals surface area contributed by atoms with Crippen LogP contribution in [0.5, 0.6) is 17.2 Å². The standard InChI is InChI=1S/C19H16N2O5/c1-24-17-10-13(9-14(11-20)19(21)23)7-8-16(17)26-18(22)12-25-15-5-3-2-4-6-15/h2-10H,12H2,1H3,(H2,21,23)/b14-9-. The molecular weight excluding hydrogens is 336 g/mol. The number of primary amides is 1. The number of esters is 1. The van der Waals surface area contributed by atoms with Gasteiger partial charge in [0, 0.05) is 0 Å². The van der Waals surface area contributed by atoms with Gasteiger partial charge >= 0.3 is 5.97 Å². The van der Waals surface area contributed by atoms with E-state index < -0.39 is 11.9 Å². The maximum absolute atomic E-state index is 11.9. The lowest BCUT2D eigenvalue weighted by Crippen LogP contribution is -2.18. The van der Waals surface area contributed by atoms with Gasteiger partial charge < -0.3 is 19.9 Å². The van der Waals surface area contributed by atoms with E-state index in [1.165, 1.54) is 25.3 Å². The fourth-order valence-corrected chi connectivity index (χ4v) is 1.99. The van der Waals surface area contributed by atoms with E-state index in [4.69, 9.17) is 25.2 Å². The molecule has 0 atom stereocenters. The summed E-state index contributed by atoms with van der Waals surface area (Å²) in [5.74, 6) is -0.449. The quantitative estimate of drug-likeness (QED) is 0.353. The Kier molecular flexibility index (Phi) is 6.34. The Balaban J connectivity index is 2.08. The molecule has 2 rings (SSSR count). The third-order valence-corrected chi connectivity index (χ3v) is 3.21. The van der Waals surface area contributed by atoms with Gasteiger partial charge in [-0.2, -0.15) is 5.26 Å². The second kappa shape index (κ2) is 8.89. The summed E-state index contributed by atoms with van der Waals surface area (Å²) in [6, 6.07) is 15.1. The fourth-order valence-electron chi connectivity index (χ4n) is 1.99. The highest BCUT2D eigenvalue weighted by Crippen LogP contribution is 2.29. The van der Waals surface area contributed by atoms with Crippen LogP contribution >= 0.6 is 0 Å². The molecule has 0 saturated heterocycles. The molecule has 0 unspecified atom stereocenters. The number of carbonyl (C=O) groups excluding carboxylic acids is 2. The highest BCUT2D eigenvalue weighted by molar-refractivity contribution is 6.00. The third-order valence-electron chi connectivity index (χ3n) is 3.21. The molecule has 0 aromatic heterocycles. The van der Waals surface area contributed by atoms with E-state index in [2.05, 4.69) is 0 Å². The van der Waals surface area contributed by atoms with E-state index in [1.54, 1.807) is 36.4 Å². The number of carbonyl (C=O) groups is 2. The summed E-state index contributed by atoms with van der Waals surface area (Å²) in [6.45, 7) is -0.269. The van der Waals surface area contributed by atoms with Crippen molar-refractivity contribution in [3.63, 3.8) is 0 Å². The molecule has 1 amide bonds. The lowest BCUT2D eigenvalue weighted by Gasteiger charge is -2.10. The lowest BCUT2D eigenvalue weighted by molar-refractivity contribution is -0.136. The molecule has 0 fully saturated rings. The topological polar surface area (TPSA) is 112 Å². The number of para-hydroxylation sites is 1. The molecule has 0 bridgehead atoms. The zero-order valence-corrected chi connectivity index (χ0v) is 14.0. The molecule has 0 heterocycles. The van der Waals surface area contributed by atoms with Crippen LogP contribution in [0.15, 0.2) is 54.1 Å². The average molecular weight is 352 g/mol. The summed E-state index contributed by atoms with van der Waals surface area (Å²) < 4.78 is 15.7. The molecule has 0 aliphatic carbocycles. The first-order valence-electron chi connectivity index (χ1n) is 7.51. The summed E-state index contributed by atoms with van der Waals surface area (Å²) in [5.41, 5.74) is 5.40. The first kappa shape index (κ1) is 18.5. The van der Waals surface area contributed by atoms with Crippen LogP contribution in [-0.4, -0.2) is 25.6 Å². The van der Waals surface area contributed by atoms with Crippen LogP contribution in [0.25, 0.3) is 6.08 Å². The van der Waals surface area contributed by atoms with Gasteiger partial charge in [-0.25, -0.2) is 4.79 Å². The van der Waals surface area contributed by atoms with Crippen LogP contribution in [0.4, 0.5) is 0 Å². The predicted molar refractivity (Wildman–Crippen MR) is 93.4 cm³/mol. The minimum absolute atomic E-state index is 0.184. The average Bonchev–Trinajstić information content (AvgIpc) is 2.66. The van der Waals surface area contributed by atoms with Crippen molar-refractivity contribution >= 4 is 18.0 Å². The minimum Gasteiger partial charge on any atom is -0.493 e. The second-order valence-corrected chi connectivity index (χ2v) is 5.02. The maximum Gasteiger partial charge on any atom is 0.349 e. The van der Waals surface area contributed by atoms with E-state index in [1.807, 2.05) is 6.07 Å².